The van der Waals surface area contributed by atoms with E-state index in [-0.39, 0.29) is 0 Å². The molecule has 0 aliphatic rings. The minimum absolute atomic E-state index is 0.498. The van der Waals surface area contributed by atoms with E-state index < -0.39 is 11.9 Å². The Labute approximate surface area is 103 Å². The second kappa shape index (κ2) is 4.40. The molecule has 0 saturated heterocycles. The van der Waals surface area contributed by atoms with E-state index >= 15 is 0 Å². The van der Waals surface area contributed by atoms with Crippen LogP contribution >= 0.6 is 0 Å². The summed E-state index contributed by atoms with van der Waals surface area (Å²) in [6.07, 6.45) is -2.89. The molecule has 1 heterocycles. The lowest BCUT2D eigenvalue weighted by Crippen LogP contribution is -2.11. The summed E-state index contributed by atoms with van der Waals surface area (Å²) in [5, 5.41) is 0. The summed E-state index contributed by atoms with van der Waals surface area (Å²) in [7, 11) is 3.43. The fourth-order valence-corrected chi connectivity index (χ4v) is 1.71. The molecule has 1 aromatic carbocycles. The Morgan fingerprint density at radius 1 is 1.06 bits per heavy atom. The van der Waals surface area contributed by atoms with Crippen molar-refractivity contribution in [3.05, 3.63) is 48.3 Å². The van der Waals surface area contributed by atoms with Gasteiger partial charge in [0.15, 0.2) is 0 Å². The highest BCUT2D eigenvalue weighted by molar-refractivity contribution is 5.51. The molecule has 2 rings (SSSR count). The van der Waals surface area contributed by atoms with E-state index in [4.69, 9.17) is 0 Å². The zero-order valence-electron chi connectivity index (χ0n) is 10.1. The molecule has 0 unspecified atom stereocenters. The summed E-state index contributed by atoms with van der Waals surface area (Å²) in [6, 6.07) is 9.64. The predicted octanol–water partition coefficient (Wildman–Crippen LogP) is 3.56. The maximum atomic E-state index is 13.0. The van der Waals surface area contributed by atoms with E-state index in [2.05, 4.69) is 0 Å². The van der Waals surface area contributed by atoms with Gasteiger partial charge in [0.05, 0.1) is 5.69 Å². The smallest absolute Gasteiger partial charge is 0.376 e. The lowest BCUT2D eigenvalue weighted by molar-refractivity contribution is -0.142. The zero-order chi connectivity index (χ0) is 13.3. The molecule has 0 bridgehead atoms. The van der Waals surface area contributed by atoms with E-state index in [0.29, 0.717) is 11.4 Å². The van der Waals surface area contributed by atoms with Crippen molar-refractivity contribution in [2.45, 2.75) is 6.18 Å². The first-order valence-electron chi connectivity index (χ1n) is 5.42. The number of hydrogen-bond acceptors (Lipinski definition) is 1. The van der Waals surface area contributed by atoms with Gasteiger partial charge in [-0.25, -0.2) is 0 Å². The Bertz CT molecular complexity index is 527. The maximum absolute atomic E-state index is 13.0. The van der Waals surface area contributed by atoms with Gasteiger partial charge in [0.1, 0.15) is 5.69 Å². The van der Waals surface area contributed by atoms with Crippen molar-refractivity contribution < 1.29 is 13.2 Å². The van der Waals surface area contributed by atoms with Crippen LogP contribution in [0.3, 0.4) is 0 Å². The number of alkyl halides is 3. The average molecular weight is 254 g/mol. The number of rotatable bonds is 2. The average Bonchev–Trinajstić information content (AvgIpc) is 2.74. The highest BCUT2D eigenvalue weighted by Crippen LogP contribution is 2.34. The molecule has 0 amide bonds. The van der Waals surface area contributed by atoms with Crippen LogP contribution in [0.4, 0.5) is 18.9 Å². The van der Waals surface area contributed by atoms with Gasteiger partial charge in [0.25, 0.3) is 0 Å². The molecule has 0 fully saturated rings. The topological polar surface area (TPSA) is 8.17 Å². The minimum atomic E-state index is -4.37. The van der Waals surface area contributed by atoms with Crippen LogP contribution in [-0.2, 0) is 6.18 Å². The molecule has 2 aromatic rings. The Morgan fingerprint density at radius 3 is 2.17 bits per heavy atom. The molecular weight excluding hydrogens is 241 g/mol. The van der Waals surface area contributed by atoms with Crippen molar-refractivity contribution in [3.8, 4) is 5.69 Å². The number of halogens is 3. The highest BCUT2D eigenvalue weighted by atomic mass is 19.4. The summed E-state index contributed by atoms with van der Waals surface area (Å²) in [5.74, 6) is 0. The number of aromatic nitrogens is 1. The molecule has 0 N–H and O–H groups in total. The van der Waals surface area contributed by atoms with Crippen molar-refractivity contribution in [2.75, 3.05) is 19.0 Å². The summed E-state index contributed by atoms with van der Waals surface area (Å²) in [4.78, 5) is 1.65. The fraction of sp³-hybridized carbons (Fsp3) is 0.231. The number of hydrogen-bond donors (Lipinski definition) is 0. The Hall–Kier alpha value is -1.91. The molecule has 0 aliphatic carbocycles. The summed E-state index contributed by atoms with van der Waals surface area (Å²) >= 11 is 0. The quantitative estimate of drug-likeness (QED) is 0.795. The molecule has 1 aromatic heterocycles. The van der Waals surface area contributed by atoms with Crippen LogP contribution in [-0.4, -0.2) is 18.7 Å². The van der Waals surface area contributed by atoms with Crippen molar-refractivity contribution in [1.82, 2.24) is 4.57 Å². The van der Waals surface area contributed by atoms with Crippen molar-refractivity contribution in [1.29, 1.82) is 0 Å². The molecule has 0 spiro atoms. The lowest BCUT2D eigenvalue weighted by Gasteiger charge is -2.11. The van der Waals surface area contributed by atoms with Gasteiger partial charge in [0, 0.05) is 26.0 Å². The predicted molar refractivity (Wildman–Crippen MR) is 65.1 cm³/mol. The SMILES string of the molecule is CN(C)c1cc(C(F)(F)F)n(-c2ccccc2)c1. The summed E-state index contributed by atoms with van der Waals surface area (Å²) in [5.41, 5.74) is 0.349. The molecule has 2 nitrogen and oxygen atoms in total. The van der Waals surface area contributed by atoms with Crippen molar-refractivity contribution >= 4 is 5.69 Å². The molecule has 0 radical (unpaired) electrons. The van der Waals surface area contributed by atoms with Crippen LogP contribution in [0.1, 0.15) is 5.69 Å². The van der Waals surface area contributed by atoms with Crippen LogP contribution in [0.2, 0.25) is 0 Å². The van der Waals surface area contributed by atoms with E-state index in [0.717, 1.165) is 10.6 Å². The van der Waals surface area contributed by atoms with Crippen LogP contribution < -0.4 is 4.90 Å². The van der Waals surface area contributed by atoms with Gasteiger partial charge in [-0.15, -0.1) is 0 Å². The van der Waals surface area contributed by atoms with Crippen LogP contribution in [0.25, 0.3) is 5.69 Å². The molecule has 5 heteroatoms. The van der Waals surface area contributed by atoms with Gasteiger partial charge >= 0.3 is 6.18 Å². The second-order valence-corrected chi connectivity index (χ2v) is 4.18. The molecule has 0 aliphatic heterocycles. The van der Waals surface area contributed by atoms with E-state index in [9.17, 15) is 13.2 Å². The fourth-order valence-electron chi connectivity index (χ4n) is 1.71. The molecule has 96 valence electrons. The van der Waals surface area contributed by atoms with E-state index in [1.165, 1.54) is 6.20 Å². The van der Waals surface area contributed by atoms with E-state index in [1.807, 2.05) is 0 Å². The first-order chi connectivity index (χ1) is 8.39. The third kappa shape index (κ3) is 2.34. The van der Waals surface area contributed by atoms with E-state index in [1.54, 1.807) is 49.3 Å². The Morgan fingerprint density at radius 2 is 1.67 bits per heavy atom. The third-order valence-corrected chi connectivity index (χ3v) is 2.65. The Kier molecular flexibility index (Phi) is 3.07. The number of nitrogens with zero attached hydrogens (tertiary/aromatic N) is 2. The van der Waals surface area contributed by atoms with Crippen LogP contribution in [0.5, 0.6) is 0 Å². The monoisotopic (exact) mass is 254 g/mol. The molecule has 18 heavy (non-hydrogen) atoms. The molecule has 0 atom stereocenters. The van der Waals surface area contributed by atoms with Crippen molar-refractivity contribution in [2.24, 2.45) is 0 Å². The van der Waals surface area contributed by atoms with Gasteiger partial charge < -0.3 is 9.47 Å². The van der Waals surface area contributed by atoms with Gasteiger partial charge in [-0.05, 0) is 18.2 Å². The Balaban J connectivity index is 2.59. The lowest BCUT2D eigenvalue weighted by atomic mass is 10.3. The summed E-state index contributed by atoms with van der Waals surface area (Å²) < 4.78 is 40.1. The van der Waals surface area contributed by atoms with Crippen LogP contribution in [0, 0.1) is 0 Å². The third-order valence-electron chi connectivity index (χ3n) is 2.65. The first-order valence-corrected chi connectivity index (χ1v) is 5.42. The van der Waals surface area contributed by atoms with Crippen LogP contribution in [0.15, 0.2) is 42.6 Å². The summed E-state index contributed by atoms with van der Waals surface area (Å²) in [6.45, 7) is 0. The number of anilines is 1. The standard InChI is InChI=1S/C13H13F3N2/c1-17(2)11-8-12(13(14,15)16)18(9-11)10-6-4-3-5-7-10/h3-9H,1-2H3. The molecular formula is C13H13F3N2. The normalized spacial score (nSPS) is 11.6. The second-order valence-electron chi connectivity index (χ2n) is 4.18. The van der Waals surface area contributed by atoms with Gasteiger partial charge in [0.2, 0.25) is 0 Å². The largest absolute Gasteiger partial charge is 0.431 e. The minimum Gasteiger partial charge on any atom is -0.376 e. The number of para-hydroxylation sites is 1. The molecule has 0 saturated carbocycles. The first kappa shape index (κ1) is 12.5. The zero-order valence-corrected chi connectivity index (χ0v) is 10.1. The van der Waals surface area contributed by atoms with Gasteiger partial charge in [-0.2, -0.15) is 13.2 Å². The van der Waals surface area contributed by atoms with Gasteiger partial charge in [-0.1, -0.05) is 18.2 Å². The van der Waals surface area contributed by atoms with Gasteiger partial charge in [-0.3, -0.25) is 0 Å². The van der Waals surface area contributed by atoms with Crippen molar-refractivity contribution in [3.63, 3.8) is 0 Å². The maximum Gasteiger partial charge on any atom is 0.431 e. The highest BCUT2D eigenvalue weighted by Gasteiger charge is 2.35. The number of benzene rings is 1.